The quantitative estimate of drug-likeness (QED) is 0.386. The van der Waals surface area contributed by atoms with Gasteiger partial charge in [0.2, 0.25) is 5.91 Å². The number of nitrogens with zero attached hydrogens (tertiary/aromatic N) is 4. The molecule has 4 rings (SSSR count). The van der Waals surface area contributed by atoms with Gasteiger partial charge in [-0.25, -0.2) is 9.78 Å². The van der Waals surface area contributed by atoms with Gasteiger partial charge in [0, 0.05) is 53.2 Å². The Morgan fingerprint density at radius 2 is 1.64 bits per heavy atom. The molecular formula is C30H40N4O4S. The predicted molar refractivity (Wildman–Crippen MR) is 155 cm³/mol. The Hall–Kier alpha value is -3.20. The van der Waals surface area contributed by atoms with E-state index in [1.807, 2.05) is 11.1 Å². The van der Waals surface area contributed by atoms with Crippen molar-refractivity contribution in [2.24, 2.45) is 0 Å². The van der Waals surface area contributed by atoms with Crippen LogP contribution in [0.25, 0.3) is 10.6 Å². The van der Waals surface area contributed by atoms with Crippen molar-refractivity contribution >= 4 is 23.5 Å². The zero-order valence-electron chi connectivity index (χ0n) is 24.1. The van der Waals surface area contributed by atoms with Crippen molar-refractivity contribution in [2.75, 3.05) is 20.2 Å². The number of carbonyl (C=O) groups excluding carboxylic acids is 2. The van der Waals surface area contributed by atoms with Crippen molar-refractivity contribution in [2.45, 2.75) is 84.2 Å². The number of amides is 1. The fraction of sp³-hybridized carbons (Fsp3) is 0.533. The molecule has 0 bridgehead atoms. The number of imidazole rings is 1. The summed E-state index contributed by atoms with van der Waals surface area (Å²) in [5, 5.41) is 1.00. The number of methoxy groups -OCH3 is 1. The fourth-order valence-corrected chi connectivity index (χ4v) is 6.22. The van der Waals surface area contributed by atoms with E-state index < -0.39 is 0 Å². The number of likely N-dealkylation sites (tertiary alicyclic amines) is 1. The Balaban J connectivity index is 1.49. The summed E-state index contributed by atoms with van der Waals surface area (Å²) in [5.41, 5.74) is 2.96. The summed E-state index contributed by atoms with van der Waals surface area (Å²) in [7, 11) is 1.75. The molecule has 39 heavy (non-hydrogen) atoms. The second-order valence-corrected chi connectivity index (χ2v) is 13.4. The number of ether oxygens (including phenoxy) is 1. The van der Waals surface area contributed by atoms with Crippen LogP contribution in [0.1, 0.15) is 76.3 Å². The minimum atomic E-state index is -0.342. The molecule has 1 amide bonds. The summed E-state index contributed by atoms with van der Waals surface area (Å²) in [4.78, 5) is 43.8. The predicted octanol–water partition coefficient (Wildman–Crippen LogP) is 4.98. The lowest BCUT2D eigenvalue weighted by atomic mass is 9.78. The molecule has 8 nitrogen and oxygen atoms in total. The molecule has 210 valence electrons. The average molecular weight is 553 g/mol. The lowest BCUT2D eigenvalue weighted by Gasteiger charge is -2.31. The van der Waals surface area contributed by atoms with E-state index in [-0.39, 0.29) is 35.5 Å². The van der Waals surface area contributed by atoms with Crippen LogP contribution in [0, 0.1) is 0 Å². The number of piperidine rings is 1. The van der Waals surface area contributed by atoms with E-state index in [1.54, 1.807) is 24.6 Å². The number of rotatable bonds is 7. The molecule has 3 heterocycles. The van der Waals surface area contributed by atoms with Gasteiger partial charge < -0.3 is 14.4 Å². The van der Waals surface area contributed by atoms with Gasteiger partial charge >= 0.3 is 5.69 Å². The van der Waals surface area contributed by atoms with E-state index in [9.17, 15) is 14.4 Å². The molecule has 0 saturated carbocycles. The topological polar surface area (TPSA) is 86.4 Å². The van der Waals surface area contributed by atoms with Crippen LogP contribution in [0.3, 0.4) is 0 Å². The second kappa shape index (κ2) is 11.1. The summed E-state index contributed by atoms with van der Waals surface area (Å²) < 4.78 is 8.58. The Kier molecular flexibility index (Phi) is 8.21. The van der Waals surface area contributed by atoms with Gasteiger partial charge in [-0.2, -0.15) is 0 Å². The smallest absolute Gasteiger partial charge is 0.328 e. The summed E-state index contributed by atoms with van der Waals surface area (Å²) in [6.45, 7) is 14.5. The molecule has 1 fully saturated rings. The molecule has 2 aromatic heterocycles. The van der Waals surface area contributed by atoms with Gasteiger partial charge in [0.05, 0.1) is 13.7 Å². The minimum absolute atomic E-state index is 0.00613. The van der Waals surface area contributed by atoms with Gasteiger partial charge in [-0.15, -0.1) is 11.3 Å². The first-order chi connectivity index (χ1) is 18.3. The van der Waals surface area contributed by atoms with Gasteiger partial charge in [-0.3, -0.25) is 13.9 Å². The van der Waals surface area contributed by atoms with Crippen molar-refractivity contribution < 1.29 is 14.3 Å². The molecule has 0 unspecified atom stereocenters. The van der Waals surface area contributed by atoms with Crippen LogP contribution in [0.5, 0.6) is 5.75 Å². The van der Waals surface area contributed by atoms with Crippen LogP contribution in [0.15, 0.2) is 35.5 Å². The number of thiazole rings is 1. The number of carbonyl (C=O) groups is 2. The lowest BCUT2D eigenvalue weighted by Crippen LogP contribution is -2.41. The molecule has 1 aliphatic heterocycles. The minimum Gasteiger partial charge on any atom is -0.496 e. The van der Waals surface area contributed by atoms with E-state index in [0.29, 0.717) is 25.3 Å². The van der Waals surface area contributed by atoms with E-state index >= 15 is 0 Å². The number of benzene rings is 1. The highest BCUT2D eigenvalue weighted by Gasteiger charge is 2.29. The Labute approximate surface area is 234 Å². The maximum Gasteiger partial charge on any atom is 0.328 e. The molecule has 1 aliphatic rings. The summed E-state index contributed by atoms with van der Waals surface area (Å²) in [6, 6.07) is 4.45. The van der Waals surface area contributed by atoms with Crippen LogP contribution in [-0.2, 0) is 33.5 Å². The molecule has 9 heteroatoms. The summed E-state index contributed by atoms with van der Waals surface area (Å²) >= 11 is 1.73. The first-order valence-electron chi connectivity index (χ1n) is 13.5. The molecule has 0 N–H and O–H groups in total. The molecule has 0 atom stereocenters. The third-order valence-electron chi connectivity index (χ3n) is 7.42. The lowest BCUT2D eigenvalue weighted by molar-refractivity contribution is -0.132. The van der Waals surface area contributed by atoms with Crippen molar-refractivity contribution in [1.82, 2.24) is 19.0 Å². The third-order valence-corrected chi connectivity index (χ3v) is 8.63. The molecule has 3 aromatic rings. The molecule has 1 saturated heterocycles. The monoisotopic (exact) mass is 552 g/mol. The number of hydrogen-bond acceptors (Lipinski definition) is 6. The van der Waals surface area contributed by atoms with Crippen LogP contribution in [-0.4, -0.2) is 51.4 Å². The second-order valence-electron chi connectivity index (χ2n) is 12.4. The maximum absolute atomic E-state index is 12.9. The third kappa shape index (κ3) is 6.19. The van der Waals surface area contributed by atoms with Gasteiger partial charge in [0.1, 0.15) is 23.6 Å². The molecule has 0 aliphatic carbocycles. The van der Waals surface area contributed by atoms with E-state index in [1.165, 1.54) is 31.3 Å². The first kappa shape index (κ1) is 28.8. The molecule has 0 radical (unpaired) electrons. The zero-order valence-corrected chi connectivity index (χ0v) is 24.9. The zero-order chi connectivity index (χ0) is 28.5. The van der Waals surface area contributed by atoms with Crippen molar-refractivity contribution in [3.05, 3.63) is 57.2 Å². The average Bonchev–Trinajstić information content (AvgIpc) is 3.50. The molecular weight excluding hydrogens is 512 g/mol. The number of hydrogen-bond donors (Lipinski definition) is 0. The van der Waals surface area contributed by atoms with Gasteiger partial charge in [0.25, 0.3) is 0 Å². The van der Waals surface area contributed by atoms with Crippen LogP contribution < -0.4 is 10.4 Å². The largest absolute Gasteiger partial charge is 0.496 e. The highest BCUT2D eigenvalue weighted by atomic mass is 32.1. The van der Waals surface area contributed by atoms with Gasteiger partial charge in [-0.05, 0) is 41.7 Å². The van der Waals surface area contributed by atoms with E-state index in [4.69, 9.17) is 9.72 Å². The van der Waals surface area contributed by atoms with Crippen LogP contribution >= 0.6 is 11.3 Å². The van der Waals surface area contributed by atoms with Crippen molar-refractivity contribution in [3.63, 3.8) is 0 Å². The van der Waals surface area contributed by atoms with Gasteiger partial charge in [0.15, 0.2) is 0 Å². The Morgan fingerprint density at radius 1 is 1.05 bits per heavy atom. The number of aldehydes is 1. The van der Waals surface area contributed by atoms with Gasteiger partial charge in [-0.1, -0.05) is 41.5 Å². The van der Waals surface area contributed by atoms with Crippen LogP contribution in [0.4, 0.5) is 0 Å². The highest BCUT2D eigenvalue weighted by molar-refractivity contribution is 7.15. The van der Waals surface area contributed by atoms with E-state index in [2.05, 4.69) is 53.7 Å². The molecule has 1 aromatic carbocycles. The Bertz CT molecular complexity index is 1360. The normalized spacial score (nSPS) is 15.0. The summed E-state index contributed by atoms with van der Waals surface area (Å²) in [6.07, 6.45) is 7.48. The first-order valence-corrected chi connectivity index (χ1v) is 14.3. The molecule has 0 spiro atoms. The van der Waals surface area contributed by atoms with Crippen molar-refractivity contribution in [3.8, 4) is 16.3 Å². The highest BCUT2D eigenvalue weighted by Crippen LogP contribution is 2.44. The number of aromatic nitrogens is 3. The summed E-state index contributed by atoms with van der Waals surface area (Å²) in [5.74, 6) is 1.22. The fourth-order valence-electron chi connectivity index (χ4n) is 5.15. The van der Waals surface area contributed by atoms with Crippen molar-refractivity contribution in [1.29, 1.82) is 0 Å². The maximum atomic E-state index is 12.9. The SMILES string of the molecule is COc1c(C(C)(C)C)cc(-c2ncc(C3CCN(C(=O)Cn4ccn(CC=O)c4=O)CC3)s2)cc1C(C)(C)C. The standard InChI is InChI=1S/C30H40N4O4S/c1-29(2,3)22-16-21(17-23(26(22)38-7)30(4,5)6)27-31-18-24(39-27)20-8-10-32(11-9-20)25(36)19-34-13-12-33(14-15-35)28(34)37/h12-13,15-18,20H,8-11,14,19H2,1-7H3. The Morgan fingerprint density at radius 3 is 2.18 bits per heavy atom. The van der Waals surface area contributed by atoms with Crippen LogP contribution in [0.2, 0.25) is 0 Å². The van der Waals surface area contributed by atoms with E-state index in [0.717, 1.165) is 29.2 Å².